The molecule has 1 spiro atoms. The minimum atomic E-state index is -5.08. The standard InChI is InChI=1S/C19H23N3O2.3C2HF3O2/c1-2-8-21-17(5-1)12-22-14-19(15-22)10-18(6-9-24-19)23-13-16-4-3-7-20-11-16;3*3-2(4,5)1(6)7/h1-5,7-8,11,18H,6,9-10,12-15H2;3*(H,6,7). The molecule has 0 aliphatic carbocycles. The van der Waals surface area contributed by atoms with Gasteiger partial charge in [0.05, 0.1) is 24.0 Å². The van der Waals surface area contributed by atoms with Crippen LogP contribution in [0.2, 0.25) is 0 Å². The van der Waals surface area contributed by atoms with Crippen molar-refractivity contribution in [2.24, 2.45) is 0 Å². The van der Waals surface area contributed by atoms with E-state index in [9.17, 15) is 39.5 Å². The van der Waals surface area contributed by atoms with E-state index in [1.165, 1.54) is 0 Å². The second-order valence-corrected chi connectivity index (χ2v) is 9.19. The number of alkyl halides is 9. The van der Waals surface area contributed by atoms with Gasteiger partial charge in [-0.1, -0.05) is 12.1 Å². The molecule has 4 heterocycles. The normalized spacial score (nSPS) is 17.6. The van der Waals surface area contributed by atoms with E-state index in [0.717, 1.165) is 50.3 Å². The summed E-state index contributed by atoms with van der Waals surface area (Å²) < 4.78 is 107. The van der Waals surface area contributed by atoms with Gasteiger partial charge < -0.3 is 24.8 Å². The second-order valence-electron chi connectivity index (χ2n) is 9.19. The highest BCUT2D eigenvalue weighted by atomic mass is 19.4. The Labute approximate surface area is 248 Å². The number of carbonyl (C=O) groups is 3. The first-order valence-electron chi connectivity index (χ1n) is 12.3. The molecule has 0 bridgehead atoms. The van der Waals surface area contributed by atoms with Gasteiger partial charge in [0.25, 0.3) is 0 Å². The van der Waals surface area contributed by atoms with Crippen LogP contribution in [0.1, 0.15) is 24.1 Å². The Bertz CT molecular complexity index is 1150. The fraction of sp³-hybridized carbons (Fsp3) is 0.480. The summed E-state index contributed by atoms with van der Waals surface area (Å²) in [5, 5.41) is 21.4. The van der Waals surface area contributed by atoms with Gasteiger partial charge in [-0.3, -0.25) is 14.9 Å². The third-order valence-electron chi connectivity index (χ3n) is 5.52. The molecule has 0 radical (unpaired) electrons. The molecule has 20 heteroatoms. The minimum Gasteiger partial charge on any atom is -0.475 e. The minimum absolute atomic E-state index is 0.0212. The van der Waals surface area contributed by atoms with E-state index in [1.54, 1.807) is 6.20 Å². The van der Waals surface area contributed by atoms with Crippen LogP contribution in [0, 0.1) is 0 Å². The number of aromatic nitrogens is 2. The number of likely N-dealkylation sites (tertiary alicyclic amines) is 1. The van der Waals surface area contributed by atoms with Gasteiger partial charge >= 0.3 is 36.4 Å². The second kappa shape index (κ2) is 16.9. The molecule has 11 nitrogen and oxygen atoms in total. The lowest BCUT2D eigenvalue weighted by molar-refractivity contribution is -0.200. The Hall–Kier alpha value is -4.04. The number of carboxylic acid groups (broad SMARTS) is 3. The zero-order chi connectivity index (χ0) is 34.5. The van der Waals surface area contributed by atoms with E-state index >= 15 is 0 Å². The van der Waals surface area contributed by atoms with Crippen LogP contribution in [-0.2, 0) is 37.0 Å². The van der Waals surface area contributed by atoms with Gasteiger partial charge in [-0.15, -0.1) is 0 Å². The van der Waals surface area contributed by atoms with E-state index in [-0.39, 0.29) is 11.7 Å². The van der Waals surface area contributed by atoms with Gasteiger partial charge in [-0.25, -0.2) is 14.4 Å². The molecule has 2 aromatic rings. The number of hydrogen-bond acceptors (Lipinski definition) is 8. The van der Waals surface area contributed by atoms with Crippen molar-refractivity contribution in [3.63, 3.8) is 0 Å². The van der Waals surface area contributed by atoms with Gasteiger partial charge in [0.1, 0.15) is 0 Å². The van der Waals surface area contributed by atoms with E-state index < -0.39 is 36.4 Å². The van der Waals surface area contributed by atoms with Crippen LogP contribution in [-0.4, -0.2) is 98.0 Å². The van der Waals surface area contributed by atoms with E-state index in [2.05, 4.69) is 27.0 Å². The monoisotopic (exact) mass is 667 g/mol. The topological polar surface area (TPSA) is 159 Å². The van der Waals surface area contributed by atoms with Crippen molar-refractivity contribution < 1.29 is 78.7 Å². The van der Waals surface area contributed by atoms with Crippen molar-refractivity contribution in [2.75, 3.05) is 19.7 Å². The molecular formula is C25H26F9N3O8. The summed E-state index contributed by atoms with van der Waals surface area (Å²) in [5.41, 5.74) is 2.23. The molecule has 0 aromatic carbocycles. The fourth-order valence-electron chi connectivity index (χ4n) is 3.64. The first-order valence-corrected chi connectivity index (χ1v) is 12.3. The molecule has 1 atom stereocenters. The number of ether oxygens (including phenoxy) is 2. The third kappa shape index (κ3) is 15.5. The van der Waals surface area contributed by atoms with Crippen LogP contribution in [0.4, 0.5) is 39.5 Å². The quantitative estimate of drug-likeness (QED) is 0.390. The van der Waals surface area contributed by atoms with Gasteiger partial charge in [0.2, 0.25) is 0 Å². The maximum Gasteiger partial charge on any atom is 0.490 e. The molecule has 1 unspecified atom stereocenters. The third-order valence-corrected chi connectivity index (χ3v) is 5.52. The molecule has 4 rings (SSSR count). The van der Waals surface area contributed by atoms with Crippen molar-refractivity contribution in [3.05, 3.63) is 60.2 Å². The predicted molar refractivity (Wildman–Crippen MR) is 131 cm³/mol. The van der Waals surface area contributed by atoms with Crippen LogP contribution < -0.4 is 0 Å². The summed E-state index contributed by atoms with van der Waals surface area (Å²) >= 11 is 0. The highest BCUT2D eigenvalue weighted by molar-refractivity contribution is 5.73. The van der Waals surface area contributed by atoms with E-state index in [0.29, 0.717) is 6.61 Å². The average Bonchev–Trinajstić information content (AvgIpc) is 2.92. The number of nitrogens with zero attached hydrogens (tertiary/aromatic N) is 3. The van der Waals surface area contributed by atoms with E-state index in [1.807, 2.05) is 30.6 Å². The molecule has 2 saturated heterocycles. The number of hydrogen-bond donors (Lipinski definition) is 3. The zero-order valence-electron chi connectivity index (χ0n) is 22.8. The molecule has 2 aromatic heterocycles. The number of aliphatic carboxylic acids is 3. The van der Waals surface area contributed by atoms with Crippen molar-refractivity contribution in [3.8, 4) is 0 Å². The van der Waals surface area contributed by atoms with Crippen molar-refractivity contribution >= 4 is 17.9 Å². The molecule has 2 aliphatic rings. The Morgan fingerprint density at radius 1 is 0.867 bits per heavy atom. The van der Waals surface area contributed by atoms with Crippen LogP contribution in [0.15, 0.2) is 48.9 Å². The lowest BCUT2D eigenvalue weighted by Crippen LogP contribution is -2.65. The molecule has 252 valence electrons. The van der Waals surface area contributed by atoms with Gasteiger partial charge in [-0.05, 0) is 30.2 Å². The molecule has 2 fully saturated rings. The Balaban J connectivity index is 0.000000396. The van der Waals surface area contributed by atoms with Crippen molar-refractivity contribution in [1.29, 1.82) is 0 Å². The summed E-state index contributed by atoms with van der Waals surface area (Å²) in [5.74, 6) is -8.27. The van der Waals surface area contributed by atoms with Crippen LogP contribution in [0.25, 0.3) is 0 Å². The summed E-state index contributed by atoms with van der Waals surface area (Å²) in [6, 6.07) is 10.1. The molecule has 0 saturated carbocycles. The van der Waals surface area contributed by atoms with Gasteiger partial charge in [-0.2, -0.15) is 39.5 Å². The first kappa shape index (κ1) is 39.0. The highest BCUT2D eigenvalue weighted by Gasteiger charge is 2.47. The smallest absolute Gasteiger partial charge is 0.475 e. The average molecular weight is 667 g/mol. The van der Waals surface area contributed by atoms with Gasteiger partial charge in [0.15, 0.2) is 0 Å². The highest BCUT2D eigenvalue weighted by Crippen LogP contribution is 2.36. The van der Waals surface area contributed by atoms with Crippen molar-refractivity contribution in [1.82, 2.24) is 14.9 Å². The lowest BCUT2D eigenvalue weighted by atomic mass is 9.84. The first-order chi connectivity index (χ1) is 20.6. The molecule has 0 amide bonds. The summed E-state index contributed by atoms with van der Waals surface area (Å²) in [7, 11) is 0. The van der Waals surface area contributed by atoms with Crippen LogP contribution >= 0.6 is 0 Å². The lowest BCUT2D eigenvalue weighted by Gasteiger charge is -2.53. The molecule has 45 heavy (non-hydrogen) atoms. The number of carboxylic acids is 3. The Morgan fingerprint density at radius 3 is 1.82 bits per heavy atom. The van der Waals surface area contributed by atoms with Crippen LogP contribution in [0.5, 0.6) is 0 Å². The Kier molecular flexibility index (Phi) is 14.6. The largest absolute Gasteiger partial charge is 0.490 e. The van der Waals surface area contributed by atoms with Gasteiger partial charge in [0, 0.05) is 51.3 Å². The fourth-order valence-corrected chi connectivity index (χ4v) is 3.64. The maximum atomic E-state index is 10.6. The number of halogens is 9. The summed E-state index contributed by atoms with van der Waals surface area (Å²) in [4.78, 5) is 37.6. The van der Waals surface area contributed by atoms with Crippen molar-refractivity contribution in [2.45, 2.75) is 56.2 Å². The molecule has 2 aliphatic heterocycles. The predicted octanol–water partition coefficient (Wildman–Crippen LogP) is 4.33. The van der Waals surface area contributed by atoms with E-state index in [4.69, 9.17) is 39.2 Å². The SMILES string of the molecule is O=C(O)C(F)(F)F.O=C(O)C(F)(F)F.O=C(O)C(F)(F)F.c1ccc(CN2CC3(CC(OCc4cccnc4)CCO3)C2)nc1. The Morgan fingerprint density at radius 2 is 1.40 bits per heavy atom. The van der Waals surface area contributed by atoms with Crippen LogP contribution in [0.3, 0.4) is 0 Å². The molecular weight excluding hydrogens is 641 g/mol. The number of rotatable bonds is 5. The summed E-state index contributed by atoms with van der Waals surface area (Å²) in [6.45, 7) is 4.25. The molecule has 3 N–H and O–H groups in total. The zero-order valence-corrected chi connectivity index (χ0v) is 22.8. The summed E-state index contributed by atoms with van der Waals surface area (Å²) in [6.07, 6.45) is -7.51. The maximum absolute atomic E-state index is 10.6. The number of pyridine rings is 2.